The Kier molecular flexibility index (Phi) is 5.08. The fourth-order valence-corrected chi connectivity index (χ4v) is 5.04. The monoisotopic (exact) mass is 426 g/mol. The number of benzene rings is 1. The molecule has 0 aliphatic heterocycles. The average molecular weight is 427 g/mol. The van der Waals surface area contributed by atoms with Crippen molar-refractivity contribution in [2.45, 2.75) is 56.1 Å². The van der Waals surface area contributed by atoms with Crippen LogP contribution in [0, 0.1) is 11.8 Å². The second-order valence-electron chi connectivity index (χ2n) is 7.47. The predicted octanol–water partition coefficient (Wildman–Crippen LogP) is 4.52. The van der Waals surface area contributed by atoms with Crippen LogP contribution in [0.3, 0.4) is 0 Å². The number of sulfone groups is 1. The molecule has 0 unspecified atom stereocenters. The summed E-state index contributed by atoms with van der Waals surface area (Å²) in [5.74, 6) is 2.04. The van der Waals surface area contributed by atoms with Gasteiger partial charge in [-0.1, -0.05) is 34.4 Å². The molecular weight excluding hydrogens is 404 g/mol. The van der Waals surface area contributed by atoms with Crippen molar-refractivity contribution in [2.75, 3.05) is 0 Å². The van der Waals surface area contributed by atoms with Crippen molar-refractivity contribution in [3.05, 3.63) is 40.5 Å². The number of hydrogen-bond donors (Lipinski definition) is 0. The van der Waals surface area contributed by atoms with E-state index in [4.69, 9.17) is 4.52 Å². The van der Waals surface area contributed by atoms with E-state index < -0.39 is 14.6 Å². The Morgan fingerprint density at radius 3 is 2.52 bits per heavy atom. The Labute approximate surface area is 157 Å². The van der Waals surface area contributed by atoms with Gasteiger partial charge in [-0.25, -0.2) is 8.42 Å². The molecule has 0 saturated heterocycles. The Hall–Kier alpha value is -1.21. The third kappa shape index (κ3) is 3.67. The number of aromatic nitrogens is 2. The van der Waals surface area contributed by atoms with Gasteiger partial charge in [0.05, 0.1) is 4.90 Å². The first-order chi connectivity index (χ1) is 11.7. The number of nitrogens with zero attached hydrogens (tertiary/aromatic N) is 2. The largest absolute Gasteiger partial charge is 0.339 e. The van der Waals surface area contributed by atoms with Crippen LogP contribution >= 0.6 is 15.9 Å². The standard InChI is InChI=1S/C18H23BrN2O3S/c1-12-4-5-13(10-12)11-16-20-17(21-24-16)18(2,3)25(22,23)15-8-6-14(19)7-9-15/h6-9,12-13H,4-5,10-11H2,1-3H3/t12-,13+/m0/s1. The molecule has 25 heavy (non-hydrogen) atoms. The van der Waals surface area contributed by atoms with Crippen molar-refractivity contribution < 1.29 is 12.9 Å². The van der Waals surface area contributed by atoms with Gasteiger partial charge in [0.1, 0.15) is 4.75 Å². The van der Waals surface area contributed by atoms with Crippen LogP contribution < -0.4 is 0 Å². The van der Waals surface area contributed by atoms with Gasteiger partial charge < -0.3 is 4.52 Å². The van der Waals surface area contributed by atoms with Crippen molar-refractivity contribution in [1.29, 1.82) is 0 Å². The van der Waals surface area contributed by atoms with Crippen molar-refractivity contribution in [3.63, 3.8) is 0 Å². The van der Waals surface area contributed by atoms with Gasteiger partial charge in [-0.15, -0.1) is 0 Å². The molecular formula is C18H23BrN2O3S. The fourth-order valence-electron chi connectivity index (χ4n) is 3.37. The van der Waals surface area contributed by atoms with E-state index >= 15 is 0 Å². The van der Waals surface area contributed by atoms with Crippen molar-refractivity contribution in [1.82, 2.24) is 10.1 Å². The first kappa shape index (κ1) is 18.6. The van der Waals surface area contributed by atoms with E-state index in [1.807, 2.05) is 0 Å². The smallest absolute Gasteiger partial charge is 0.226 e. The lowest BCUT2D eigenvalue weighted by Gasteiger charge is -2.21. The highest BCUT2D eigenvalue weighted by Crippen LogP contribution is 2.35. The molecule has 0 N–H and O–H groups in total. The maximum Gasteiger partial charge on any atom is 0.226 e. The molecule has 1 aliphatic carbocycles. The summed E-state index contributed by atoms with van der Waals surface area (Å²) in [6, 6.07) is 6.60. The molecule has 1 aliphatic rings. The molecule has 0 radical (unpaired) electrons. The summed E-state index contributed by atoms with van der Waals surface area (Å²) in [7, 11) is -3.64. The molecule has 1 aromatic carbocycles. The average Bonchev–Trinajstić information content (AvgIpc) is 3.17. The van der Waals surface area contributed by atoms with Gasteiger partial charge in [-0.3, -0.25) is 0 Å². The third-order valence-electron chi connectivity index (χ3n) is 5.07. The van der Waals surface area contributed by atoms with E-state index in [0.29, 0.717) is 11.8 Å². The SMILES string of the molecule is C[C@H]1CC[C@@H](Cc2nc(C(C)(C)S(=O)(=O)c3ccc(Br)cc3)no2)C1. The summed E-state index contributed by atoms with van der Waals surface area (Å²) in [6.07, 6.45) is 4.29. The van der Waals surface area contributed by atoms with E-state index in [9.17, 15) is 8.42 Å². The van der Waals surface area contributed by atoms with Gasteiger partial charge >= 0.3 is 0 Å². The van der Waals surface area contributed by atoms with Crippen LogP contribution in [0.2, 0.25) is 0 Å². The number of hydrogen-bond acceptors (Lipinski definition) is 5. The third-order valence-corrected chi connectivity index (χ3v) is 8.02. The van der Waals surface area contributed by atoms with Crippen LogP contribution in [0.5, 0.6) is 0 Å². The molecule has 1 fully saturated rings. The molecule has 0 amide bonds. The second-order valence-corrected chi connectivity index (χ2v) is 10.9. The Morgan fingerprint density at radius 1 is 1.24 bits per heavy atom. The molecule has 2 aromatic rings. The Morgan fingerprint density at radius 2 is 1.92 bits per heavy atom. The van der Waals surface area contributed by atoms with Crippen LogP contribution in [0.4, 0.5) is 0 Å². The zero-order chi connectivity index (χ0) is 18.2. The first-order valence-electron chi connectivity index (χ1n) is 8.53. The molecule has 1 saturated carbocycles. The summed E-state index contributed by atoms with van der Waals surface area (Å²) >= 11 is 3.32. The zero-order valence-electron chi connectivity index (χ0n) is 14.7. The maximum absolute atomic E-state index is 13.0. The molecule has 0 bridgehead atoms. The van der Waals surface area contributed by atoms with Crippen LogP contribution in [0.15, 0.2) is 38.2 Å². The van der Waals surface area contributed by atoms with E-state index in [2.05, 4.69) is 33.0 Å². The predicted molar refractivity (Wildman–Crippen MR) is 98.9 cm³/mol. The lowest BCUT2D eigenvalue weighted by molar-refractivity contribution is 0.344. The molecule has 1 heterocycles. The summed E-state index contributed by atoms with van der Waals surface area (Å²) in [5.41, 5.74) is 0. The molecule has 0 spiro atoms. The topological polar surface area (TPSA) is 73.1 Å². The normalized spacial score (nSPS) is 21.6. The lowest BCUT2D eigenvalue weighted by Crippen LogP contribution is -2.30. The highest BCUT2D eigenvalue weighted by Gasteiger charge is 2.42. The van der Waals surface area contributed by atoms with Gasteiger partial charge in [0, 0.05) is 10.9 Å². The highest BCUT2D eigenvalue weighted by atomic mass is 79.9. The van der Waals surface area contributed by atoms with Gasteiger partial charge in [-0.05, 0) is 62.8 Å². The first-order valence-corrected chi connectivity index (χ1v) is 10.8. The number of rotatable bonds is 5. The van der Waals surface area contributed by atoms with Gasteiger partial charge in [0.25, 0.3) is 0 Å². The van der Waals surface area contributed by atoms with Crippen molar-refractivity contribution >= 4 is 25.8 Å². The van der Waals surface area contributed by atoms with Crippen LogP contribution in [0.1, 0.15) is 51.7 Å². The molecule has 1 aromatic heterocycles. The van der Waals surface area contributed by atoms with Gasteiger partial charge in [0.2, 0.25) is 5.89 Å². The summed E-state index contributed by atoms with van der Waals surface area (Å²) < 4.78 is 31.0. The molecule has 5 nitrogen and oxygen atoms in total. The number of halogens is 1. The van der Waals surface area contributed by atoms with E-state index in [1.165, 1.54) is 12.8 Å². The molecule has 136 valence electrons. The summed E-state index contributed by atoms with van der Waals surface area (Å²) in [5, 5.41) is 3.98. The minimum atomic E-state index is -3.64. The maximum atomic E-state index is 13.0. The second kappa shape index (κ2) is 6.83. The minimum Gasteiger partial charge on any atom is -0.339 e. The quantitative estimate of drug-likeness (QED) is 0.702. The summed E-state index contributed by atoms with van der Waals surface area (Å²) in [6.45, 7) is 5.50. The van der Waals surface area contributed by atoms with Gasteiger partial charge in [0.15, 0.2) is 15.7 Å². The van der Waals surface area contributed by atoms with Crippen molar-refractivity contribution in [3.8, 4) is 0 Å². The van der Waals surface area contributed by atoms with Gasteiger partial charge in [-0.2, -0.15) is 4.98 Å². The molecule has 3 rings (SSSR count). The van der Waals surface area contributed by atoms with Crippen LogP contribution in [-0.4, -0.2) is 18.6 Å². The molecule has 2 atom stereocenters. The van der Waals surface area contributed by atoms with Crippen LogP contribution in [-0.2, 0) is 21.0 Å². The van der Waals surface area contributed by atoms with E-state index in [1.54, 1.807) is 38.1 Å². The Bertz CT molecular complexity index is 843. The fraction of sp³-hybridized carbons (Fsp3) is 0.556. The van der Waals surface area contributed by atoms with E-state index in [-0.39, 0.29) is 10.7 Å². The highest BCUT2D eigenvalue weighted by molar-refractivity contribution is 9.10. The molecule has 7 heteroatoms. The lowest BCUT2D eigenvalue weighted by atomic mass is 10.0. The van der Waals surface area contributed by atoms with Crippen LogP contribution in [0.25, 0.3) is 0 Å². The minimum absolute atomic E-state index is 0.219. The Balaban J connectivity index is 1.83. The van der Waals surface area contributed by atoms with Crippen molar-refractivity contribution in [2.24, 2.45) is 11.8 Å². The van der Waals surface area contributed by atoms with E-state index in [0.717, 1.165) is 23.2 Å². The summed E-state index contributed by atoms with van der Waals surface area (Å²) in [4.78, 5) is 4.66. The zero-order valence-corrected chi connectivity index (χ0v) is 17.1.